The third-order valence-corrected chi connectivity index (χ3v) is 2.78. The lowest BCUT2D eigenvalue weighted by molar-refractivity contribution is 0.566. The average molecular weight is 271 g/mol. The molecule has 100 valence electrons. The van der Waals surface area contributed by atoms with Crippen molar-refractivity contribution in [1.82, 2.24) is 24.5 Å². The number of hydrogen-bond donors (Lipinski definition) is 0. The Hall–Kier alpha value is -2.83. The largest absolute Gasteiger partial charge is 0.268 e. The Morgan fingerprint density at radius 3 is 2.75 bits per heavy atom. The Morgan fingerprint density at radius 2 is 2.00 bits per heavy atom. The van der Waals surface area contributed by atoms with Gasteiger partial charge in [-0.3, -0.25) is 4.79 Å². The first-order valence-corrected chi connectivity index (χ1v) is 5.90. The SMILES string of the molecule is O=c1ccc(-n2cncn2)nn1Cc1ccccc1F. The average Bonchev–Trinajstić information content (AvgIpc) is 2.98. The van der Waals surface area contributed by atoms with E-state index in [2.05, 4.69) is 15.2 Å². The molecule has 6 nitrogen and oxygen atoms in total. The fraction of sp³-hybridized carbons (Fsp3) is 0.0769. The first-order valence-electron chi connectivity index (χ1n) is 5.90. The zero-order chi connectivity index (χ0) is 13.9. The molecule has 0 saturated carbocycles. The molecule has 0 spiro atoms. The van der Waals surface area contributed by atoms with Crippen LogP contribution < -0.4 is 5.56 Å². The summed E-state index contributed by atoms with van der Waals surface area (Å²) in [5, 5.41) is 8.08. The highest BCUT2D eigenvalue weighted by Crippen LogP contribution is 2.07. The number of hydrogen-bond acceptors (Lipinski definition) is 4. The van der Waals surface area contributed by atoms with Gasteiger partial charge in [0.1, 0.15) is 18.5 Å². The Morgan fingerprint density at radius 1 is 1.15 bits per heavy atom. The minimum atomic E-state index is -0.368. The van der Waals surface area contributed by atoms with Crippen LogP contribution >= 0.6 is 0 Å². The highest BCUT2D eigenvalue weighted by atomic mass is 19.1. The van der Waals surface area contributed by atoms with E-state index in [1.165, 1.54) is 40.2 Å². The summed E-state index contributed by atoms with van der Waals surface area (Å²) in [7, 11) is 0. The maximum absolute atomic E-state index is 13.6. The minimum absolute atomic E-state index is 0.0635. The molecular formula is C13H10FN5O. The third-order valence-electron chi connectivity index (χ3n) is 2.78. The zero-order valence-corrected chi connectivity index (χ0v) is 10.3. The molecule has 7 heteroatoms. The molecular weight excluding hydrogens is 261 g/mol. The van der Waals surface area contributed by atoms with Crippen molar-refractivity contribution < 1.29 is 4.39 Å². The Kier molecular flexibility index (Phi) is 3.08. The molecule has 0 fully saturated rings. The van der Waals surface area contributed by atoms with Crippen molar-refractivity contribution in [3.8, 4) is 5.82 Å². The second-order valence-electron chi connectivity index (χ2n) is 4.12. The molecule has 0 unspecified atom stereocenters. The second kappa shape index (κ2) is 5.04. The lowest BCUT2D eigenvalue weighted by atomic mass is 10.2. The van der Waals surface area contributed by atoms with Gasteiger partial charge in [-0.15, -0.1) is 5.10 Å². The van der Waals surface area contributed by atoms with Gasteiger partial charge in [-0.2, -0.15) is 5.10 Å². The van der Waals surface area contributed by atoms with Crippen molar-refractivity contribution in [2.24, 2.45) is 0 Å². The van der Waals surface area contributed by atoms with Crippen LogP contribution in [0.15, 0.2) is 53.8 Å². The maximum Gasteiger partial charge on any atom is 0.267 e. The van der Waals surface area contributed by atoms with Crippen LogP contribution in [0.5, 0.6) is 0 Å². The van der Waals surface area contributed by atoms with E-state index in [0.717, 1.165) is 0 Å². The summed E-state index contributed by atoms with van der Waals surface area (Å²) in [6.07, 6.45) is 2.84. The molecule has 0 aliphatic carbocycles. The summed E-state index contributed by atoms with van der Waals surface area (Å²) >= 11 is 0. The Labute approximate surface area is 113 Å². The molecule has 0 N–H and O–H groups in total. The van der Waals surface area contributed by atoms with Crippen LogP contribution in [-0.2, 0) is 6.54 Å². The summed E-state index contributed by atoms with van der Waals surface area (Å²) in [4.78, 5) is 15.6. The van der Waals surface area contributed by atoms with Crippen molar-refractivity contribution >= 4 is 0 Å². The fourth-order valence-electron chi connectivity index (χ4n) is 1.79. The first kappa shape index (κ1) is 12.2. The van der Waals surface area contributed by atoms with E-state index < -0.39 is 0 Å². The molecule has 3 aromatic rings. The van der Waals surface area contributed by atoms with E-state index in [0.29, 0.717) is 11.4 Å². The summed E-state index contributed by atoms with van der Waals surface area (Å²) in [5.74, 6) is 0.0748. The van der Waals surface area contributed by atoms with Gasteiger partial charge in [0, 0.05) is 11.6 Å². The highest BCUT2D eigenvalue weighted by Gasteiger charge is 2.06. The van der Waals surface area contributed by atoms with Crippen molar-refractivity contribution in [2.45, 2.75) is 6.54 Å². The summed E-state index contributed by atoms with van der Waals surface area (Å²) in [6, 6.07) is 9.18. The van der Waals surface area contributed by atoms with Gasteiger partial charge in [-0.05, 0) is 12.1 Å². The molecule has 0 radical (unpaired) electrons. The first-order chi connectivity index (χ1) is 9.74. The number of benzene rings is 1. The second-order valence-corrected chi connectivity index (χ2v) is 4.12. The van der Waals surface area contributed by atoms with Gasteiger partial charge in [0.25, 0.3) is 5.56 Å². The third kappa shape index (κ3) is 2.33. The van der Waals surface area contributed by atoms with Gasteiger partial charge in [-0.1, -0.05) is 18.2 Å². The van der Waals surface area contributed by atoms with Gasteiger partial charge in [0.15, 0.2) is 5.82 Å². The van der Waals surface area contributed by atoms with E-state index in [1.54, 1.807) is 18.2 Å². The fourth-order valence-corrected chi connectivity index (χ4v) is 1.79. The molecule has 0 aliphatic heterocycles. The minimum Gasteiger partial charge on any atom is -0.268 e. The van der Waals surface area contributed by atoms with Crippen molar-refractivity contribution in [2.75, 3.05) is 0 Å². The molecule has 0 bridgehead atoms. The van der Waals surface area contributed by atoms with E-state index >= 15 is 0 Å². The lowest BCUT2D eigenvalue weighted by Gasteiger charge is -2.07. The monoisotopic (exact) mass is 271 g/mol. The lowest BCUT2D eigenvalue weighted by Crippen LogP contribution is -2.24. The molecule has 20 heavy (non-hydrogen) atoms. The molecule has 0 saturated heterocycles. The van der Waals surface area contributed by atoms with Crippen molar-refractivity contribution in [1.29, 1.82) is 0 Å². The number of halogens is 1. The summed E-state index contributed by atoms with van der Waals surface area (Å²) in [5.41, 5.74) is 0.0926. The van der Waals surface area contributed by atoms with E-state index in [-0.39, 0.29) is 17.9 Å². The van der Waals surface area contributed by atoms with Gasteiger partial charge >= 0.3 is 0 Å². The van der Waals surface area contributed by atoms with E-state index in [9.17, 15) is 9.18 Å². The standard InChI is InChI=1S/C13H10FN5O/c14-11-4-2-1-3-10(11)7-18-13(20)6-5-12(17-18)19-9-15-8-16-19/h1-6,8-9H,7H2. The molecule has 0 amide bonds. The molecule has 2 heterocycles. The highest BCUT2D eigenvalue weighted by molar-refractivity contribution is 5.19. The molecule has 0 aliphatic rings. The molecule has 1 aromatic carbocycles. The number of rotatable bonds is 3. The molecule has 0 atom stereocenters. The smallest absolute Gasteiger partial charge is 0.267 e. The topological polar surface area (TPSA) is 65.6 Å². The number of aromatic nitrogens is 5. The van der Waals surface area contributed by atoms with Crippen LogP contribution in [-0.4, -0.2) is 24.5 Å². The Bertz CT molecular complexity index is 781. The van der Waals surface area contributed by atoms with Crippen LogP contribution in [0.3, 0.4) is 0 Å². The normalized spacial score (nSPS) is 10.7. The van der Waals surface area contributed by atoms with E-state index in [1.807, 2.05) is 0 Å². The van der Waals surface area contributed by atoms with Gasteiger partial charge in [-0.25, -0.2) is 18.7 Å². The summed E-state index contributed by atoms with van der Waals surface area (Å²) < 4.78 is 16.2. The zero-order valence-electron chi connectivity index (χ0n) is 10.3. The van der Waals surface area contributed by atoms with Crippen LogP contribution in [0, 0.1) is 5.82 Å². The predicted octanol–water partition coefficient (Wildman–Crippen LogP) is 1.01. The summed E-state index contributed by atoms with van der Waals surface area (Å²) in [6.45, 7) is 0.0635. The van der Waals surface area contributed by atoms with Gasteiger partial charge in [0.2, 0.25) is 0 Å². The van der Waals surface area contributed by atoms with Crippen molar-refractivity contribution in [3.05, 3.63) is 70.8 Å². The van der Waals surface area contributed by atoms with Crippen molar-refractivity contribution in [3.63, 3.8) is 0 Å². The van der Waals surface area contributed by atoms with Crippen LogP contribution in [0.4, 0.5) is 4.39 Å². The van der Waals surface area contributed by atoms with E-state index in [4.69, 9.17) is 0 Å². The van der Waals surface area contributed by atoms with Crippen LogP contribution in [0.2, 0.25) is 0 Å². The molecule has 3 rings (SSSR count). The quantitative estimate of drug-likeness (QED) is 0.713. The Balaban J connectivity index is 2.00. The van der Waals surface area contributed by atoms with Crippen LogP contribution in [0.1, 0.15) is 5.56 Å². The molecule has 2 aromatic heterocycles. The number of nitrogens with zero attached hydrogens (tertiary/aromatic N) is 5. The maximum atomic E-state index is 13.6. The van der Waals surface area contributed by atoms with Crippen LogP contribution in [0.25, 0.3) is 5.82 Å². The van der Waals surface area contributed by atoms with Gasteiger partial charge < -0.3 is 0 Å². The van der Waals surface area contributed by atoms with Gasteiger partial charge in [0.05, 0.1) is 6.54 Å². The predicted molar refractivity (Wildman–Crippen MR) is 68.9 cm³/mol.